The molecule has 0 spiro atoms. The Morgan fingerprint density at radius 3 is 1.07 bits per heavy atom. The topological polar surface area (TPSA) is 0 Å². The summed E-state index contributed by atoms with van der Waals surface area (Å²) >= 11 is 0. The van der Waals surface area contributed by atoms with E-state index in [1.165, 1.54) is 98.7 Å². The highest BCUT2D eigenvalue weighted by molar-refractivity contribution is 6.22. The lowest BCUT2D eigenvalue weighted by Crippen LogP contribution is -2.11. The molecule has 0 aliphatic rings. The SMILES string of the molecule is CC(C)(C)c1ccc2c(-c3cccc(-c4cccc5ccccc45)c3)c3cc(C(C)(C)C)ccc3c(-c3cccc(-c4cccc5ccccc45)c3)c2c1. The van der Waals surface area contributed by atoms with E-state index in [0.29, 0.717) is 0 Å². The maximum Gasteiger partial charge on any atom is -0.00260 e. The van der Waals surface area contributed by atoms with Crippen molar-refractivity contribution in [2.24, 2.45) is 0 Å². The van der Waals surface area contributed by atoms with Crippen molar-refractivity contribution in [1.29, 1.82) is 0 Å². The molecule has 0 heterocycles. The Balaban J connectivity index is 1.37. The first kappa shape index (κ1) is 33.8. The number of hydrogen-bond donors (Lipinski definition) is 0. The summed E-state index contributed by atoms with van der Waals surface area (Å²) in [6.07, 6.45) is 0. The van der Waals surface area contributed by atoms with Crippen molar-refractivity contribution in [3.05, 3.63) is 181 Å². The Kier molecular flexibility index (Phi) is 8.05. The molecule has 0 bridgehead atoms. The van der Waals surface area contributed by atoms with Crippen LogP contribution in [0.4, 0.5) is 0 Å². The van der Waals surface area contributed by atoms with Crippen molar-refractivity contribution in [1.82, 2.24) is 0 Å². The zero-order valence-corrected chi connectivity index (χ0v) is 32.2. The third kappa shape index (κ3) is 5.87. The molecule has 0 unspecified atom stereocenters. The molecule has 0 atom stereocenters. The minimum absolute atomic E-state index is 0.00421. The van der Waals surface area contributed by atoms with Crippen LogP contribution in [0.15, 0.2) is 170 Å². The molecule has 0 saturated carbocycles. The number of fused-ring (bicyclic) bond motifs is 4. The molecule has 0 saturated heterocycles. The summed E-state index contributed by atoms with van der Waals surface area (Å²) in [5.74, 6) is 0. The van der Waals surface area contributed by atoms with Crippen molar-refractivity contribution in [3.8, 4) is 44.5 Å². The molecule has 0 nitrogen and oxygen atoms in total. The van der Waals surface area contributed by atoms with Crippen molar-refractivity contribution in [2.45, 2.75) is 52.4 Å². The minimum Gasteiger partial charge on any atom is -0.0616 e. The quantitative estimate of drug-likeness (QED) is 0.161. The molecular formula is C54H46. The van der Waals surface area contributed by atoms with Gasteiger partial charge in [-0.3, -0.25) is 0 Å². The zero-order valence-electron chi connectivity index (χ0n) is 32.2. The van der Waals surface area contributed by atoms with Gasteiger partial charge in [-0.25, -0.2) is 0 Å². The van der Waals surface area contributed by atoms with Crippen LogP contribution in [0.3, 0.4) is 0 Å². The first-order valence-electron chi connectivity index (χ1n) is 19.3. The van der Waals surface area contributed by atoms with E-state index >= 15 is 0 Å². The Hall–Kier alpha value is -5.98. The van der Waals surface area contributed by atoms with Crippen LogP contribution < -0.4 is 0 Å². The molecule has 0 heteroatoms. The van der Waals surface area contributed by atoms with Crippen LogP contribution in [0.5, 0.6) is 0 Å². The average molecular weight is 695 g/mol. The van der Waals surface area contributed by atoms with Crippen LogP contribution in [0.2, 0.25) is 0 Å². The highest BCUT2D eigenvalue weighted by Gasteiger charge is 2.23. The summed E-state index contributed by atoms with van der Waals surface area (Å²) < 4.78 is 0. The lowest BCUT2D eigenvalue weighted by Gasteiger charge is -2.25. The van der Waals surface area contributed by atoms with E-state index in [2.05, 4.69) is 211 Å². The van der Waals surface area contributed by atoms with E-state index in [0.717, 1.165) is 0 Å². The van der Waals surface area contributed by atoms with Gasteiger partial charge in [0.25, 0.3) is 0 Å². The number of rotatable bonds is 4. The Bertz CT molecular complexity index is 2680. The Labute approximate surface area is 319 Å². The van der Waals surface area contributed by atoms with Gasteiger partial charge >= 0.3 is 0 Å². The normalized spacial score (nSPS) is 12.3. The molecule has 9 aromatic rings. The predicted octanol–water partition coefficient (Wildman–Crippen LogP) is 15.6. The Morgan fingerprint density at radius 2 is 0.648 bits per heavy atom. The molecule has 0 amide bonds. The largest absolute Gasteiger partial charge is 0.0616 e. The molecule has 0 aromatic heterocycles. The van der Waals surface area contributed by atoms with Crippen molar-refractivity contribution in [3.63, 3.8) is 0 Å². The smallest absolute Gasteiger partial charge is 0.00260 e. The van der Waals surface area contributed by atoms with Gasteiger partial charge < -0.3 is 0 Å². The molecule has 0 fully saturated rings. The van der Waals surface area contributed by atoms with Gasteiger partial charge in [-0.15, -0.1) is 0 Å². The summed E-state index contributed by atoms with van der Waals surface area (Å²) in [4.78, 5) is 0. The summed E-state index contributed by atoms with van der Waals surface area (Å²) in [6.45, 7) is 13.9. The van der Waals surface area contributed by atoms with E-state index in [1.807, 2.05) is 0 Å². The van der Waals surface area contributed by atoms with E-state index in [4.69, 9.17) is 0 Å². The van der Waals surface area contributed by atoms with Gasteiger partial charge in [0, 0.05) is 0 Å². The Morgan fingerprint density at radius 1 is 0.278 bits per heavy atom. The molecule has 9 rings (SSSR count). The zero-order chi connectivity index (χ0) is 37.2. The van der Waals surface area contributed by atoms with E-state index in [1.54, 1.807) is 0 Å². The third-order valence-corrected chi connectivity index (χ3v) is 11.4. The average Bonchev–Trinajstić information content (AvgIpc) is 3.18. The molecule has 54 heavy (non-hydrogen) atoms. The van der Waals surface area contributed by atoms with Gasteiger partial charge in [0.15, 0.2) is 0 Å². The van der Waals surface area contributed by atoms with Gasteiger partial charge in [-0.05, 0) is 134 Å². The van der Waals surface area contributed by atoms with Gasteiger partial charge in [-0.1, -0.05) is 187 Å². The van der Waals surface area contributed by atoms with Crippen molar-refractivity contribution in [2.75, 3.05) is 0 Å². The predicted molar refractivity (Wildman–Crippen MR) is 236 cm³/mol. The summed E-state index contributed by atoms with van der Waals surface area (Å²) in [5, 5.41) is 10.2. The third-order valence-electron chi connectivity index (χ3n) is 11.4. The van der Waals surface area contributed by atoms with Gasteiger partial charge in [0.1, 0.15) is 0 Å². The first-order chi connectivity index (χ1) is 26.0. The minimum atomic E-state index is -0.00421. The lowest BCUT2D eigenvalue weighted by molar-refractivity contribution is 0.590. The fourth-order valence-electron chi connectivity index (χ4n) is 8.42. The summed E-state index contributed by atoms with van der Waals surface area (Å²) in [7, 11) is 0. The van der Waals surface area contributed by atoms with E-state index in [-0.39, 0.29) is 10.8 Å². The maximum absolute atomic E-state index is 2.48. The van der Waals surface area contributed by atoms with E-state index < -0.39 is 0 Å². The standard InChI is InChI=1S/C54H46/c1-53(2,3)41-27-29-47-49(33-41)51(39-21-11-19-37(31-39)45-25-13-17-35-15-7-9-23-43(35)45)48-30-28-42(54(4,5)6)34-50(48)52(47)40-22-12-20-38(32-40)46-26-14-18-36-16-8-10-24-44(36)46/h7-34H,1-6H3. The summed E-state index contributed by atoms with van der Waals surface area (Å²) in [6, 6.07) is 63.7. The molecule has 0 aliphatic heterocycles. The highest BCUT2D eigenvalue weighted by Crippen LogP contribution is 2.47. The summed E-state index contributed by atoms with van der Waals surface area (Å²) in [5.41, 5.74) is 12.7. The highest BCUT2D eigenvalue weighted by atomic mass is 14.3. The molecular weight excluding hydrogens is 649 g/mol. The van der Waals surface area contributed by atoms with Crippen LogP contribution in [-0.2, 0) is 10.8 Å². The first-order valence-corrected chi connectivity index (χ1v) is 19.3. The second-order valence-electron chi connectivity index (χ2n) is 17.0. The molecule has 262 valence electrons. The molecule has 9 aromatic carbocycles. The molecule has 0 N–H and O–H groups in total. The lowest BCUT2D eigenvalue weighted by atomic mass is 9.79. The maximum atomic E-state index is 2.48. The fourth-order valence-corrected chi connectivity index (χ4v) is 8.42. The van der Waals surface area contributed by atoms with Crippen LogP contribution in [0.25, 0.3) is 87.6 Å². The van der Waals surface area contributed by atoms with Gasteiger partial charge in [0.05, 0.1) is 0 Å². The van der Waals surface area contributed by atoms with Gasteiger partial charge in [-0.2, -0.15) is 0 Å². The van der Waals surface area contributed by atoms with Crippen LogP contribution in [0, 0.1) is 0 Å². The second kappa shape index (κ2) is 12.9. The van der Waals surface area contributed by atoms with Crippen molar-refractivity contribution < 1.29 is 0 Å². The van der Waals surface area contributed by atoms with Crippen LogP contribution in [-0.4, -0.2) is 0 Å². The van der Waals surface area contributed by atoms with Crippen molar-refractivity contribution >= 4 is 43.1 Å². The van der Waals surface area contributed by atoms with Gasteiger partial charge in [0.2, 0.25) is 0 Å². The van der Waals surface area contributed by atoms with Crippen LogP contribution >= 0.6 is 0 Å². The molecule has 0 aliphatic carbocycles. The number of hydrogen-bond acceptors (Lipinski definition) is 0. The van der Waals surface area contributed by atoms with Crippen LogP contribution in [0.1, 0.15) is 52.7 Å². The monoisotopic (exact) mass is 694 g/mol. The number of benzene rings is 9. The molecule has 0 radical (unpaired) electrons. The van der Waals surface area contributed by atoms with E-state index in [9.17, 15) is 0 Å². The fraction of sp³-hybridized carbons (Fsp3) is 0.148. The second-order valence-corrected chi connectivity index (χ2v) is 17.0.